The van der Waals surface area contributed by atoms with Gasteiger partial charge >= 0.3 is 0 Å². The van der Waals surface area contributed by atoms with Gasteiger partial charge in [0.05, 0.1) is 5.54 Å². The van der Waals surface area contributed by atoms with Gasteiger partial charge in [0.2, 0.25) is 5.91 Å². The quantitative estimate of drug-likeness (QED) is 0.439. The van der Waals surface area contributed by atoms with Crippen molar-refractivity contribution in [3.63, 3.8) is 0 Å². The van der Waals surface area contributed by atoms with Gasteiger partial charge in [0.25, 0.3) is 0 Å². The second-order valence-corrected chi connectivity index (χ2v) is 9.77. The lowest BCUT2D eigenvalue weighted by atomic mass is 9.81. The van der Waals surface area contributed by atoms with Gasteiger partial charge in [-0.2, -0.15) is 0 Å². The van der Waals surface area contributed by atoms with Gasteiger partial charge < -0.3 is 9.64 Å². The topological polar surface area (TPSA) is 32.8 Å². The van der Waals surface area contributed by atoms with E-state index in [1.165, 1.54) is 23.3 Å². The lowest BCUT2D eigenvalue weighted by Gasteiger charge is -2.48. The zero-order chi connectivity index (χ0) is 23.7. The Kier molecular flexibility index (Phi) is 6.13. The highest BCUT2D eigenvalue weighted by molar-refractivity contribution is 5.97. The van der Waals surface area contributed by atoms with Gasteiger partial charge in [-0.1, -0.05) is 35.9 Å². The van der Waals surface area contributed by atoms with Crippen LogP contribution in [-0.4, -0.2) is 28.9 Å². The molecule has 0 aromatic heterocycles. The van der Waals surface area contributed by atoms with Crippen LogP contribution in [0.2, 0.25) is 0 Å². The molecule has 2 heterocycles. The average molecular weight is 459 g/mol. The Morgan fingerprint density at radius 1 is 1.00 bits per heavy atom. The van der Waals surface area contributed by atoms with Crippen LogP contribution in [0, 0.1) is 12.7 Å². The summed E-state index contributed by atoms with van der Waals surface area (Å²) in [6, 6.07) is 23.1. The first kappa shape index (κ1) is 22.6. The number of hydrogen-bond donors (Lipinski definition) is 0. The average Bonchev–Trinajstić information content (AvgIpc) is 3.13. The smallest absolute Gasteiger partial charge is 0.227 e. The van der Waals surface area contributed by atoms with Crippen LogP contribution in [0.25, 0.3) is 0 Å². The molecule has 0 radical (unpaired) electrons. The fraction of sp³-hybridized carbons (Fsp3) is 0.345. The van der Waals surface area contributed by atoms with Gasteiger partial charge in [-0.3, -0.25) is 9.69 Å². The number of likely N-dealkylation sites (tertiary alicyclic amines) is 1. The van der Waals surface area contributed by atoms with Crippen molar-refractivity contribution in [1.29, 1.82) is 0 Å². The SMILES string of the molecule is Cc1ccc(Oc2cccc(CN3CCC4(CCC(=O)N4c4cccc(F)c4)CC3C)c2)cc1. The number of benzene rings is 3. The molecule has 2 aliphatic rings. The molecule has 5 heteroatoms. The fourth-order valence-corrected chi connectivity index (χ4v) is 5.56. The maximum atomic E-state index is 13.9. The number of ether oxygens (including phenoxy) is 1. The van der Waals surface area contributed by atoms with Crippen molar-refractivity contribution in [2.45, 2.75) is 57.7 Å². The predicted octanol–water partition coefficient (Wildman–Crippen LogP) is 6.48. The third kappa shape index (κ3) is 4.58. The van der Waals surface area contributed by atoms with Crippen LogP contribution in [0.1, 0.15) is 43.7 Å². The van der Waals surface area contributed by atoms with E-state index in [4.69, 9.17) is 4.74 Å². The number of anilines is 1. The molecule has 2 atom stereocenters. The minimum Gasteiger partial charge on any atom is -0.457 e. The summed E-state index contributed by atoms with van der Waals surface area (Å²) >= 11 is 0. The molecule has 0 N–H and O–H groups in total. The predicted molar refractivity (Wildman–Crippen MR) is 133 cm³/mol. The van der Waals surface area contributed by atoms with E-state index in [0.29, 0.717) is 18.2 Å². The molecule has 34 heavy (non-hydrogen) atoms. The Hall–Kier alpha value is -3.18. The van der Waals surface area contributed by atoms with E-state index < -0.39 is 0 Å². The molecular weight excluding hydrogens is 427 g/mol. The van der Waals surface area contributed by atoms with Crippen molar-refractivity contribution in [3.8, 4) is 11.5 Å². The van der Waals surface area contributed by atoms with E-state index >= 15 is 0 Å². The van der Waals surface area contributed by atoms with Crippen molar-refractivity contribution >= 4 is 11.6 Å². The third-order valence-electron chi connectivity index (χ3n) is 7.30. The first-order valence-corrected chi connectivity index (χ1v) is 12.1. The molecule has 1 spiro atoms. The number of nitrogens with zero attached hydrogens (tertiary/aromatic N) is 2. The van der Waals surface area contributed by atoms with E-state index in [1.54, 1.807) is 6.07 Å². The number of amides is 1. The first-order chi connectivity index (χ1) is 16.4. The molecule has 1 amide bonds. The number of hydrogen-bond acceptors (Lipinski definition) is 3. The molecular formula is C29H31FN2O2. The molecule has 2 fully saturated rings. The second-order valence-electron chi connectivity index (χ2n) is 9.77. The molecule has 2 aliphatic heterocycles. The van der Waals surface area contributed by atoms with E-state index in [-0.39, 0.29) is 17.3 Å². The van der Waals surface area contributed by atoms with Gasteiger partial charge in [-0.25, -0.2) is 4.39 Å². The summed E-state index contributed by atoms with van der Waals surface area (Å²) in [7, 11) is 0. The van der Waals surface area contributed by atoms with Gasteiger partial charge in [-0.05, 0) is 81.1 Å². The van der Waals surface area contributed by atoms with Crippen LogP contribution < -0.4 is 9.64 Å². The van der Waals surface area contributed by atoms with Gasteiger partial charge in [0.1, 0.15) is 17.3 Å². The summed E-state index contributed by atoms with van der Waals surface area (Å²) in [5, 5.41) is 0. The Labute approximate surface area is 201 Å². The number of piperidine rings is 1. The van der Waals surface area contributed by atoms with Crippen molar-refractivity contribution < 1.29 is 13.9 Å². The molecule has 2 saturated heterocycles. The van der Waals surface area contributed by atoms with Gasteiger partial charge in [0, 0.05) is 31.2 Å². The van der Waals surface area contributed by atoms with Crippen LogP contribution in [-0.2, 0) is 11.3 Å². The Morgan fingerprint density at radius 2 is 1.79 bits per heavy atom. The second kappa shape index (κ2) is 9.22. The van der Waals surface area contributed by atoms with Crippen molar-refractivity contribution in [2.75, 3.05) is 11.4 Å². The van der Waals surface area contributed by atoms with Crippen LogP contribution in [0.4, 0.5) is 10.1 Å². The Balaban J connectivity index is 1.28. The van der Waals surface area contributed by atoms with E-state index in [2.05, 4.69) is 30.9 Å². The minimum absolute atomic E-state index is 0.104. The molecule has 3 aromatic rings. The van der Waals surface area contributed by atoms with Crippen molar-refractivity contribution in [2.24, 2.45) is 0 Å². The van der Waals surface area contributed by atoms with Crippen LogP contribution >= 0.6 is 0 Å². The third-order valence-corrected chi connectivity index (χ3v) is 7.30. The molecule has 4 nitrogen and oxygen atoms in total. The maximum absolute atomic E-state index is 13.9. The monoisotopic (exact) mass is 458 g/mol. The normalized spacial score (nSPS) is 23.0. The standard InChI is InChI=1S/C29H31FN2O2/c1-21-9-11-26(12-10-21)34-27-8-3-5-23(17-27)20-31-16-15-29(19-22(31)2)14-13-28(33)32(29)25-7-4-6-24(30)18-25/h3-12,17-18,22H,13-16,19-20H2,1-2H3. The molecule has 0 saturated carbocycles. The van der Waals surface area contributed by atoms with E-state index in [0.717, 1.165) is 43.9 Å². The summed E-state index contributed by atoms with van der Waals surface area (Å²) in [5.41, 5.74) is 2.87. The number of halogens is 1. The zero-order valence-corrected chi connectivity index (χ0v) is 19.8. The van der Waals surface area contributed by atoms with E-state index in [9.17, 15) is 9.18 Å². The number of aryl methyl sites for hydroxylation is 1. The maximum Gasteiger partial charge on any atom is 0.227 e. The number of rotatable bonds is 5. The molecule has 3 aromatic carbocycles. The number of carbonyl (C=O) groups excluding carboxylic acids is 1. The minimum atomic E-state index is -0.300. The highest BCUT2D eigenvalue weighted by Crippen LogP contribution is 2.44. The zero-order valence-electron chi connectivity index (χ0n) is 19.8. The lowest BCUT2D eigenvalue weighted by molar-refractivity contribution is -0.117. The molecule has 176 valence electrons. The number of carbonyl (C=O) groups is 1. The van der Waals surface area contributed by atoms with Crippen LogP contribution in [0.5, 0.6) is 11.5 Å². The van der Waals surface area contributed by atoms with Crippen LogP contribution in [0.15, 0.2) is 72.8 Å². The largest absolute Gasteiger partial charge is 0.457 e. The summed E-state index contributed by atoms with van der Waals surface area (Å²) in [4.78, 5) is 17.2. The van der Waals surface area contributed by atoms with Crippen molar-refractivity contribution in [1.82, 2.24) is 4.90 Å². The highest BCUT2D eigenvalue weighted by Gasteiger charge is 2.49. The first-order valence-electron chi connectivity index (χ1n) is 12.1. The Morgan fingerprint density at radius 3 is 2.56 bits per heavy atom. The molecule has 0 aliphatic carbocycles. The van der Waals surface area contributed by atoms with Gasteiger partial charge in [0.15, 0.2) is 0 Å². The summed E-state index contributed by atoms with van der Waals surface area (Å²) in [5.74, 6) is 1.47. The molecule has 0 bridgehead atoms. The highest BCUT2D eigenvalue weighted by atomic mass is 19.1. The molecule has 5 rings (SSSR count). The summed E-state index contributed by atoms with van der Waals surface area (Å²) in [6.07, 6.45) is 3.13. The fourth-order valence-electron chi connectivity index (χ4n) is 5.56. The van der Waals surface area contributed by atoms with Gasteiger partial charge in [-0.15, -0.1) is 0 Å². The summed E-state index contributed by atoms with van der Waals surface area (Å²) < 4.78 is 20.0. The summed E-state index contributed by atoms with van der Waals surface area (Å²) in [6.45, 7) is 6.02. The Bertz CT molecular complexity index is 1180. The van der Waals surface area contributed by atoms with Crippen molar-refractivity contribution in [3.05, 3.63) is 89.7 Å². The lowest BCUT2D eigenvalue weighted by Crippen LogP contribution is -2.56. The molecule has 2 unspecified atom stereocenters. The van der Waals surface area contributed by atoms with Crippen LogP contribution in [0.3, 0.4) is 0 Å². The van der Waals surface area contributed by atoms with E-state index in [1.807, 2.05) is 47.4 Å².